The van der Waals surface area contributed by atoms with Crippen molar-refractivity contribution >= 4 is 0 Å². The number of allylic oxidation sites excluding steroid dienone is 2. The van der Waals surface area contributed by atoms with E-state index in [9.17, 15) is 0 Å². The van der Waals surface area contributed by atoms with E-state index in [-0.39, 0.29) is 0 Å². The molecular weight excluding hydrogens is 216 g/mol. The van der Waals surface area contributed by atoms with Gasteiger partial charge in [-0.2, -0.15) is 0 Å². The molecule has 0 heteroatoms. The molecule has 2 atom stereocenters. The summed E-state index contributed by atoms with van der Waals surface area (Å²) in [6.45, 7) is 21.7. The molecule has 0 bridgehead atoms. The summed E-state index contributed by atoms with van der Waals surface area (Å²) in [5.74, 6) is 1.50. The highest BCUT2D eigenvalue weighted by molar-refractivity contribution is 5.13. The van der Waals surface area contributed by atoms with Crippen molar-refractivity contribution in [3.05, 3.63) is 11.6 Å². The zero-order valence-corrected chi connectivity index (χ0v) is 14.1. The Hall–Kier alpha value is -0.260. The molecule has 0 aromatic rings. The van der Waals surface area contributed by atoms with Gasteiger partial charge in [-0.05, 0) is 47.8 Å². The van der Waals surface area contributed by atoms with Crippen LogP contribution in [0.5, 0.6) is 0 Å². The molecule has 0 amide bonds. The van der Waals surface area contributed by atoms with Crippen molar-refractivity contribution in [2.24, 2.45) is 28.1 Å². The normalized spacial score (nSPS) is 27.1. The van der Waals surface area contributed by atoms with Crippen LogP contribution >= 0.6 is 0 Å². The lowest BCUT2D eigenvalue weighted by Gasteiger charge is -2.52. The molecule has 0 saturated carbocycles. The highest BCUT2D eigenvalue weighted by atomic mass is 14.5. The van der Waals surface area contributed by atoms with Crippen LogP contribution in [0.25, 0.3) is 0 Å². The van der Waals surface area contributed by atoms with E-state index in [4.69, 9.17) is 0 Å². The maximum absolute atomic E-state index is 2.57. The summed E-state index contributed by atoms with van der Waals surface area (Å²) < 4.78 is 0. The number of hydrogen-bond acceptors (Lipinski definition) is 0. The molecule has 0 radical (unpaired) electrons. The largest absolute Gasteiger partial charge is 0.0817 e. The molecule has 18 heavy (non-hydrogen) atoms. The lowest BCUT2D eigenvalue weighted by Crippen LogP contribution is -2.44. The molecule has 0 N–H and O–H groups in total. The van der Waals surface area contributed by atoms with Crippen molar-refractivity contribution in [1.29, 1.82) is 0 Å². The minimum Gasteiger partial charge on any atom is -0.0817 e. The van der Waals surface area contributed by atoms with Crippen LogP contribution in [0.1, 0.15) is 75.2 Å². The Kier molecular flexibility index (Phi) is 4.11. The molecule has 0 nitrogen and oxygen atoms in total. The van der Waals surface area contributed by atoms with E-state index in [0.717, 1.165) is 5.92 Å². The summed E-state index contributed by atoms with van der Waals surface area (Å²) in [7, 11) is 0. The highest BCUT2D eigenvalue weighted by Gasteiger charge is 2.46. The van der Waals surface area contributed by atoms with Gasteiger partial charge in [0.25, 0.3) is 0 Å². The van der Waals surface area contributed by atoms with E-state index in [1.165, 1.54) is 12.8 Å². The van der Waals surface area contributed by atoms with Gasteiger partial charge in [0.1, 0.15) is 0 Å². The average Bonchev–Trinajstić information content (AvgIpc) is 2.13. The van der Waals surface area contributed by atoms with Gasteiger partial charge < -0.3 is 0 Å². The van der Waals surface area contributed by atoms with Crippen LogP contribution in [0.3, 0.4) is 0 Å². The molecule has 0 aromatic heterocycles. The van der Waals surface area contributed by atoms with Gasteiger partial charge in [0.05, 0.1) is 0 Å². The molecule has 0 spiro atoms. The van der Waals surface area contributed by atoms with Gasteiger partial charge in [-0.3, -0.25) is 0 Å². The van der Waals surface area contributed by atoms with E-state index in [1.54, 1.807) is 5.57 Å². The first kappa shape index (κ1) is 15.8. The molecule has 1 rings (SSSR count). The first-order chi connectivity index (χ1) is 7.87. The van der Waals surface area contributed by atoms with Crippen molar-refractivity contribution in [1.82, 2.24) is 0 Å². The maximum Gasteiger partial charge on any atom is -0.0148 e. The molecule has 0 aromatic carbocycles. The fourth-order valence-corrected chi connectivity index (χ4v) is 3.29. The minimum atomic E-state index is 0.361. The van der Waals surface area contributed by atoms with E-state index in [1.807, 2.05) is 0 Å². The van der Waals surface area contributed by atoms with Crippen molar-refractivity contribution in [2.75, 3.05) is 0 Å². The van der Waals surface area contributed by atoms with E-state index in [2.05, 4.69) is 68.4 Å². The smallest absolute Gasteiger partial charge is 0.0148 e. The van der Waals surface area contributed by atoms with Crippen LogP contribution in [-0.2, 0) is 0 Å². The molecule has 1 aliphatic carbocycles. The lowest BCUT2D eigenvalue weighted by molar-refractivity contribution is -0.00717. The first-order valence-electron chi connectivity index (χ1n) is 7.54. The molecule has 0 aliphatic heterocycles. The first-order valence-corrected chi connectivity index (χ1v) is 7.54. The summed E-state index contributed by atoms with van der Waals surface area (Å²) in [6.07, 6.45) is 5.22. The summed E-state index contributed by atoms with van der Waals surface area (Å²) in [5, 5.41) is 0. The van der Waals surface area contributed by atoms with Crippen LogP contribution in [0.4, 0.5) is 0 Å². The van der Waals surface area contributed by atoms with Crippen LogP contribution in [0.2, 0.25) is 0 Å². The van der Waals surface area contributed by atoms with Crippen molar-refractivity contribution < 1.29 is 0 Å². The quantitative estimate of drug-likeness (QED) is 0.495. The topological polar surface area (TPSA) is 0 Å². The van der Waals surface area contributed by atoms with Gasteiger partial charge in [0.15, 0.2) is 0 Å². The van der Waals surface area contributed by atoms with Crippen molar-refractivity contribution in [3.63, 3.8) is 0 Å². The predicted molar refractivity (Wildman–Crippen MR) is 82.7 cm³/mol. The SMILES string of the molecule is CC1=C[C@@H](C(C)(C)C)[C@H](C(C)(C)C(C)(C)C)CC1. The fourth-order valence-electron chi connectivity index (χ4n) is 3.29. The average molecular weight is 250 g/mol. The Bertz CT molecular complexity index is 317. The standard InChI is InChI=1S/C18H34/c1-13-10-11-14(15(12-13)16(2,3)4)18(8,9)17(5,6)7/h12,14-15H,10-11H2,1-9H3/t14-,15-/m1/s1. The summed E-state index contributed by atoms with van der Waals surface area (Å²) in [6, 6.07) is 0. The molecule has 1 aliphatic rings. The third-order valence-electron chi connectivity index (χ3n) is 5.61. The molecule has 0 saturated heterocycles. The number of rotatable bonds is 1. The zero-order chi connectivity index (χ0) is 14.4. The molecule has 106 valence electrons. The van der Waals surface area contributed by atoms with E-state index >= 15 is 0 Å². The Morgan fingerprint density at radius 1 is 0.944 bits per heavy atom. The summed E-state index contributed by atoms with van der Waals surface area (Å²) >= 11 is 0. The maximum atomic E-state index is 2.57. The zero-order valence-electron chi connectivity index (χ0n) is 14.1. The highest BCUT2D eigenvalue weighted by Crippen LogP contribution is 2.54. The Morgan fingerprint density at radius 2 is 1.44 bits per heavy atom. The van der Waals surface area contributed by atoms with Crippen LogP contribution in [0, 0.1) is 28.1 Å². The van der Waals surface area contributed by atoms with Crippen LogP contribution in [0.15, 0.2) is 11.6 Å². The van der Waals surface area contributed by atoms with Crippen LogP contribution in [-0.4, -0.2) is 0 Å². The monoisotopic (exact) mass is 250 g/mol. The van der Waals surface area contributed by atoms with Crippen LogP contribution < -0.4 is 0 Å². The van der Waals surface area contributed by atoms with Crippen molar-refractivity contribution in [2.45, 2.75) is 75.2 Å². The molecule has 0 fully saturated rings. The van der Waals surface area contributed by atoms with Gasteiger partial charge in [0.2, 0.25) is 0 Å². The van der Waals surface area contributed by atoms with Gasteiger partial charge in [-0.1, -0.05) is 67.0 Å². The lowest BCUT2D eigenvalue weighted by atomic mass is 9.53. The van der Waals surface area contributed by atoms with Gasteiger partial charge in [0, 0.05) is 0 Å². The molecule has 0 heterocycles. The third kappa shape index (κ3) is 3.00. The second kappa shape index (κ2) is 4.69. The molecular formula is C18H34. The third-order valence-corrected chi connectivity index (χ3v) is 5.61. The Labute approximate surface area is 115 Å². The number of hydrogen-bond donors (Lipinski definition) is 0. The van der Waals surface area contributed by atoms with Crippen molar-refractivity contribution in [3.8, 4) is 0 Å². The van der Waals surface area contributed by atoms with Gasteiger partial charge in [-0.15, -0.1) is 0 Å². The fraction of sp³-hybridized carbons (Fsp3) is 0.889. The van der Waals surface area contributed by atoms with E-state index < -0.39 is 0 Å². The van der Waals surface area contributed by atoms with E-state index in [0.29, 0.717) is 22.2 Å². The minimum absolute atomic E-state index is 0.361. The Morgan fingerprint density at radius 3 is 1.83 bits per heavy atom. The second-order valence-corrected chi connectivity index (χ2v) is 9.02. The molecule has 0 unspecified atom stereocenters. The summed E-state index contributed by atoms with van der Waals surface area (Å²) in [4.78, 5) is 0. The predicted octanol–water partition coefficient (Wildman–Crippen LogP) is 6.08. The Balaban J connectivity index is 3.15. The second-order valence-electron chi connectivity index (χ2n) is 9.02. The van der Waals surface area contributed by atoms with Gasteiger partial charge in [-0.25, -0.2) is 0 Å². The summed E-state index contributed by atoms with van der Waals surface area (Å²) in [5.41, 5.74) is 2.70. The van der Waals surface area contributed by atoms with Gasteiger partial charge >= 0.3 is 0 Å².